The van der Waals surface area contributed by atoms with Crippen molar-refractivity contribution < 1.29 is 9.53 Å². The highest BCUT2D eigenvalue weighted by Gasteiger charge is 2.39. The molecule has 7 nitrogen and oxygen atoms in total. The fourth-order valence-corrected chi connectivity index (χ4v) is 4.31. The summed E-state index contributed by atoms with van der Waals surface area (Å²) >= 11 is 0. The minimum Gasteiger partial charge on any atom is -0.442 e. The molecule has 7 heteroatoms. The van der Waals surface area contributed by atoms with Crippen molar-refractivity contribution in [2.45, 2.75) is 25.2 Å². The summed E-state index contributed by atoms with van der Waals surface area (Å²) < 4.78 is 7.79. The van der Waals surface area contributed by atoms with Gasteiger partial charge in [0.05, 0.1) is 5.56 Å². The van der Waals surface area contributed by atoms with Gasteiger partial charge in [-0.15, -0.1) is 5.10 Å². The quantitative estimate of drug-likeness (QED) is 0.515. The molecule has 0 amide bonds. The summed E-state index contributed by atoms with van der Waals surface area (Å²) in [5, 5.41) is 4.59. The Bertz CT molecular complexity index is 1310. The number of Topliss-reactive ketones (excluding diaryl/α,β-unsaturated/α-hetero) is 1. The molecule has 146 valence electrons. The van der Waals surface area contributed by atoms with E-state index in [4.69, 9.17) is 9.72 Å². The molecule has 0 spiro atoms. The zero-order valence-corrected chi connectivity index (χ0v) is 16.0. The van der Waals surface area contributed by atoms with Crippen LogP contribution in [0.5, 0.6) is 5.88 Å². The van der Waals surface area contributed by atoms with Crippen LogP contribution in [-0.2, 0) is 4.79 Å². The standard InChI is InChI=1S/C23H17N5O2/c29-16-9-4-10-17-19(16)18(14-6-2-1-3-7-14)20-22-26-21(15-8-5-11-24-12-15)27-28(22)13-25-23(20)30-17/h1-3,5-8,11-13,18H,4,9-10H2/t18-/m0/s1. The number of carbonyl (C=O) groups is 1. The van der Waals surface area contributed by atoms with E-state index in [1.807, 2.05) is 42.5 Å². The zero-order valence-electron chi connectivity index (χ0n) is 16.0. The number of fused-ring (bicyclic) bond motifs is 3. The third kappa shape index (κ3) is 2.55. The molecule has 0 unspecified atom stereocenters. The molecule has 4 heterocycles. The van der Waals surface area contributed by atoms with Crippen molar-refractivity contribution in [1.82, 2.24) is 24.6 Å². The zero-order chi connectivity index (χ0) is 20.1. The van der Waals surface area contributed by atoms with E-state index >= 15 is 0 Å². The Labute approximate surface area is 172 Å². The highest BCUT2D eigenvalue weighted by atomic mass is 16.5. The molecular weight excluding hydrogens is 378 g/mol. The van der Waals surface area contributed by atoms with Gasteiger partial charge < -0.3 is 4.74 Å². The Morgan fingerprint density at radius 1 is 1.07 bits per heavy atom. The van der Waals surface area contributed by atoms with Crippen LogP contribution in [0.1, 0.15) is 36.3 Å². The molecule has 0 bridgehead atoms. The maximum absolute atomic E-state index is 13.0. The van der Waals surface area contributed by atoms with Gasteiger partial charge in [-0.3, -0.25) is 9.78 Å². The average Bonchev–Trinajstić information content (AvgIpc) is 3.24. The summed E-state index contributed by atoms with van der Waals surface area (Å²) in [4.78, 5) is 26.5. The number of benzene rings is 1. The molecule has 1 aliphatic heterocycles. The topological polar surface area (TPSA) is 82.3 Å². The van der Waals surface area contributed by atoms with Gasteiger partial charge in [-0.1, -0.05) is 30.3 Å². The van der Waals surface area contributed by atoms with Crippen LogP contribution in [0.25, 0.3) is 17.0 Å². The molecule has 1 aromatic carbocycles. The number of ketones is 1. The second-order valence-corrected chi connectivity index (χ2v) is 7.47. The summed E-state index contributed by atoms with van der Waals surface area (Å²) in [6.07, 6.45) is 7.12. The molecule has 3 aromatic heterocycles. The van der Waals surface area contributed by atoms with Crippen LogP contribution >= 0.6 is 0 Å². The maximum atomic E-state index is 13.0. The predicted molar refractivity (Wildman–Crippen MR) is 109 cm³/mol. The molecular formula is C23H17N5O2. The van der Waals surface area contributed by atoms with Gasteiger partial charge in [0.25, 0.3) is 0 Å². The lowest BCUT2D eigenvalue weighted by atomic mass is 9.78. The van der Waals surface area contributed by atoms with Gasteiger partial charge >= 0.3 is 0 Å². The summed E-state index contributed by atoms with van der Waals surface area (Å²) in [6.45, 7) is 0. The van der Waals surface area contributed by atoms with Crippen molar-refractivity contribution in [1.29, 1.82) is 0 Å². The number of ether oxygens (including phenoxy) is 1. The van der Waals surface area contributed by atoms with Crippen molar-refractivity contribution in [3.8, 4) is 17.3 Å². The van der Waals surface area contributed by atoms with E-state index in [2.05, 4.69) is 15.1 Å². The minimum absolute atomic E-state index is 0.129. The van der Waals surface area contributed by atoms with Crippen LogP contribution in [0, 0.1) is 0 Å². The fraction of sp³-hybridized carbons (Fsp3) is 0.174. The molecule has 30 heavy (non-hydrogen) atoms. The highest BCUT2D eigenvalue weighted by molar-refractivity contribution is 6.00. The van der Waals surface area contributed by atoms with Crippen LogP contribution in [0.2, 0.25) is 0 Å². The first-order valence-electron chi connectivity index (χ1n) is 9.94. The third-order valence-corrected chi connectivity index (χ3v) is 5.65. The molecule has 4 aromatic rings. The summed E-state index contributed by atoms with van der Waals surface area (Å²) in [7, 11) is 0. The largest absolute Gasteiger partial charge is 0.442 e. The number of pyridine rings is 1. The van der Waals surface area contributed by atoms with E-state index in [-0.39, 0.29) is 11.7 Å². The van der Waals surface area contributed by atoms with Crippen molar-refractivity contribution >= 4 is 11.4 Å². The number of hydrogen-bond acceptors (Lipinski definition) is 6. The van der Waals surface area contributed by atoms with E-state index in [1.54, 1.807) is 23.2 Å². The fourth-order valence-electron chi connectivity index (χ4n) is 4.31. The lowest BCUT2D eigenvalue weighted by Crippen LogP contribution is -2.26. The Hall–Kier alpha value is -3.87. The first kappa shape index (κ1) is 17.0. The van der Waals surface area contributed by atoms with Gasteiger partial charge in [-0.25, -0.2) is 14.5 Å². The van der Waals surface area contributed by atoms with Gasteiger partial charge in [-0.05, 0) is 24.1 Å². The molecule has 0 saturated heterocycles. The molecule has 0 N–H and O–H groups in total. The van der Waals surface area contributed by atoms with Crippen LogP contribution in [-0.4, -0.2) is 30.3 Å². The Morgan fingerprint density at radius 3 is 2.80 bits per heavy atom. The first-order valence-corrected chi connectivity index (χ1v) is 9.94. The lowest BCUT2D eigenvalue weighted by molar-refractivity contribution is -0.116. The van der Waals surface area contributed by atoms with Crippen LogP contribution in [0.4, 0.5) is 0 Å². The summed E-state index contributed by atoms with van der Waals surface area (Å²) in [5.74, 6) is 1.64. The van der Waals surface area contributed by atoms with Gasteiger partial charge in [0.15, 0.2) is 17.3 Å². The number of allylic oxidation sites excluding steroid dienone is 2. The molecule has 2 aliphatic rings. The summed E-state index contributed by atoms with van der Waals surface area (Å²) in [5.41, 5.74) is 3.97. The number of hydrogen-bond donors (Lipinski definition) is 0. The smallest absolute Gasteiger partial charge is 0.228 e. The van der Waals surface area contributed by atoms with E-state index < -0.39 is 0 Å². The summed E-state index contributed by atoms with van der Waals surface area (Å²) in [6, 6.07) is 13.8. The van der Waals surface area contributed by atoms with Crippen molar-refractivity contribution in [3.05, 3.63) is 83.6 Å². The van der Waals surface area contributed by atoms with Gasteiger partial charge in [0.1, 0.15) is 12.1 Å². The first-order chi connectivity index (χ1) is 14.8. The normalized spacial score (nSPS) is 18.1. The van der Waals surface area contributed by atoms with E-state index in [9.17, 15) is 4.79 Å². The van der Waals surface area contributed by atoms with E-state index in [0.29, 0.717) is 23.8 Å². The van der Waals surface area contributed by atoms with E-state index in [1.165, 1.54) is 0 Å². The van der Waals surface area contributed by atoms with Crippen LogP contribution < -0.4 is 4.74 Å². The van der Waals surface area contributed by atoms with Crippen molar-refractivity contribution in [2.24, 2.45) is 0 Å². The number of aromatic nitrogens is 5. The molecule has 1 aliphatic carbocycles. The van der Waals surface area contributed by atoms with Gasteiger partial charge in [0, 0.05) is 42.3 Å². The Kier molecular flexibility index (Phi) is 3.74. The predicted octanol–water partition coefficient (Wildman–Crippen LogP) is 3.72. The van der Waals surface area contributed by atoms with Crippen LogP contribution in [0.3, 0.4) is 0 Å². The minimum atomic E-state index is -0.278. The average molecular weight is 395 g/mol. The Morgan fingerprint density at radius 2 is 1.97 bits per heavy atom. The second-order valence-electron chi connectivity index (χ2n) is 7.47. The molecule has 6 rings (SSSR count). The molecule has 0 saturated carbocycles. The number of rotatable bonds is 2. The molecule has 0 fully saturated rings. The lowest BCUT2D eigenvalue weighted by Gasteiger charge is -2.31. The van der Waals surface area contributed by atoms with Gasteiger partial charge in [-0.2, -0.15) is 0 Å². The highest BCUT2D eigenvalue weighted by Crippen LogP contribution is 2.47. The van der Waals surface area contributed by atoms with E-state index in [0.717, 1.165) is 40.9 Å². The molecule has 1 atom stereocenters. The Balaban J connectivity index is 1.62. The molecule has 0 radical (unpaired) electrons. The maximum Gasteiger partial charge on any atom is 0.228 e. The second kappa shape index (κ2) is 6.59. The SMILES string of the molecule is O=C1CCCC2=C1[C@H](c1ccccc1)c1c(ncn3nc(-c4cccnc4)nc13)O2. The third-order valence-electron chi connectivity index (χ3n) is 5.65. The van der Waals surface area contributed by atoms with Crippen molar-refractivity contribution in [2.75, 3.05) is 0 Å². The number of nitrogens with zero attached hydrogens (tertiary/aromatic N) is 5. The number of carbonyl (C=O) groups excluding carboxylic acids is 1. The van der Waals surface area contributed by atoms with Crippen molar-refractivity contribution in [3.63, 3.8) is 0 Å². The monoisotopic (exact) mass is 395 g/mol. The van der Waals surface area contributed by atoms with Crippen LogP contribution in [0.15, 0.2) is 72.5 Å². The van der Waals surface area contributed by atoms with Gasteiger partial charge in [0.2, 0.25) is 5.88 Å².